The Hall–Kier alpha value is -4.74. The van der Waals surface area contributed by atoms with Crippen molar-refractivity contribution >= 4 is 62.9 Å². The molecule has 0 spiro atoms. The molecule has 0 aliphatic carbocycles. The number of hydrogen-bond acceptors (Lipinski definition) is 2. The molecular weight excluding hydrogens is 599 g/mol. The molecule has 2 aliphatic rings. The lowest BCUT2D eigenvalue weighted by Crippen LogP contribution is -2.72. The third-order valence-corrected chi connectivity index (χ3v) is 16.0. The van der Waals surface area contributed by atoms with Gasteiger partial charge < -0.3 is 9.31 Å². The van der Waals surface area contributed by atoms with Gasteiger partial charge in [-0.15, -0.1) is 0 Å². The van der Waals surface area contributed by atoms with Crippen molar-refractivity contribution in [3.05, 3.63) is 152 Å². The van der Waals surface area contributed by atoms with Crippen LogP contribution in [0.2, 0.25) is 0 Å². The summed E-state index contributed by atoms with van der Waals surface area (Å²) in [5.41, 5.74) is 5.23. The molecule has 0 saturated carbocycles. The predicted octanol–water partition coefficient (Wildman–Crippen LogP) is 7.32. The van der Waals surface area contributed by atoms with E-state index in [1.165, 1.54) is 59.0 Å². The van der Waals surface area contributed by atoms with Gasteiger partial charge in [-0.3, -0.25) is 0 Å². The normalized spacial score (nSPS) is 17.0. The highest BCUT2D eigenvalue weighted by atomic mass is 28.3. The summed E-state index contributed by atoms with van der Waals surface area (Å²) in [5.74, 6) is 0. The molecule has 1 saturated heterocycles. The fourth-order valence-electron chi connectivity index (χ4n) is 8.02. The molecule has 232 valence electrons. The maximum atomic E-state index is 6.60. The molecule has 2 heterocycles. The van der Waals surface area contributed by atoms with Gasteiger partial charge in [-0.1, -0.05) is 152 Å². The summed E-state index contributed by atoms with van der Waals surface area (Å²) in [5, 5.41) is 10.8. The molecule has 0 amide bonds. The van der Waals surface area contributed by atoms with E-state index in [9.17, 15) is 0 Å². The molecule has 1 fully saturated rings. The molecule has 0 unspecified atom stereocenters. The second kappa shape index (κ2) is 10.6. The molecular formula is C44H37BO2Si. The second-order valence-corrected chi connectivity index (χ2v) is 18.1. The van der Waals surface area contributed by atoms with Gasteiger partial charge in [0.2, 0.25) is 0 Å². The van der Waals surface area contributed by atoms with Gasteiger partial charge in [0.25, 0.3) is 0 Å². The number of hydrogen-bond donors (Lipinski definition) is 0. The molecule has 7 aromatic rings. The Bertz CT molecular complexity index is 2300. The van der Waals surface area contributed by atoms with E-state index in [0.29, 0.717) is 0 Å². The Morgan fingerprint density at radius 2 is 0.938 bits per heavy atom. The SMILES string of the molecule is CC1(C)OB(c2ccccc2-c2ccc3c(c2)[Si](c2ccc4ccccc4c2)(c2ccc4ccccc4c2)c2ccccc2-3)OC1(C)C. The van der Waals surface area contributed by atoms with E-state index < -0.39 is 26.4 Å². The summed E-state index contributed by atoms with van der Waals surface area (Å²) in [6.07, 6.45) is 0. The minimum absolute atomic E-state index is 0.418. The van der Waals surface area contributed by atoms with E-state index in [1.807, 2.05) is 0 Å². The lowest BCUT2D eigenvalue weighted by Gasteiger charge is -2.32. The predicted molar refractivity (Wildman–Crippen MR) is 205 cm³/mol. The minimum Gasteiger partial charge on any atom is -0.399 e. The summed E-state index contributed by atoms with van der Waals surface area (Å²) in [4.78, 5) is 0. The average Bonchev–Trinajstić information content (AvgIpc) is 3.53. The van der Waals surface area contributed by atoms with E-state index in [0.717, 1.165) is 11.0 Å². The quantitative estimate of drug-likeness (QED) is 0.189. The Morgan fingerprint density at radius 1 is 0.438 bits per heavy atom. The number of rotatable bonds is 4. The Morgan fingerprint density at radius 3 is 1.56 bits per heavy atom. The highest BCUT2D eigenvalue weighted by Crippen LogP contribution is 2.38. The Kier molecular flexibility index (Phi) is 6.51. The van der Waals surface area contributed by atoms with Crippen LogP contribution in [0.5, 0.6) is 0 Å². The zero-order valence-corrected chi connectivity index (χ0v) is 28.8. The third-order valence-electron chi connectivity index (χ3n) is 11.2. The molecule has 2 aliphatic heterocycles. The Balaban J connectivity index is 1.33. The topological polar surface area (TPSA) is 18.5 Å². The van der Waals surface area contributed by atoms with E-state index in [4.69, 9.17) is 9.31 Å². The van der Waals surface area contributed by atoms with Gasteiger partial charge in [0.05, 0.1) is 11.2 Å². The zero-order chi connectivity index (χ0) is 32.7. The molecule has 0 bridgehead atoms. The van der Waals surface area contributed by atoms with Crippen molar-refractivity contribution in [1.29, 1.82) is 0 Å². The first-order valence-electron chi connectivity index (χ1n) is 16.9. The summed E-state index contributed by atoms with van der Waals surface area (Å²) in [6, 6.07) is 56.7. The largest absolute Gasteiger partial charge is 0.495 e. The van der Waals surface area contributed by atoms with Gasteiger partial charge in [0.15, 0.2) is 8.07 Å². The molecule has 7 aromatic carbocycles. The molecule has 2 nitrogen and oxygen atoms in total. The molecule has 9 rings (SSSR count). The van der Waals surface area contributed by atoms with Gasteiger partial charge in [-0.05, 0) is 97.7 Å². The van der Waals surface area contributed by atoms with Crippen molar-refractivity contribution in [3.8, 4) is 22.3 Å². The summed E-state index contributed by atoms with van der Waals surface area (Å²) < 4.78 is 13.2. The summed E-state index contributed by atoms with van der Waals surface area (Å²) >= 11 is 0. The lowest BCUT2D eigenvalue weighted by atomic mass is 9.74. The minimum atomic E-state index is -2.78. The molecule has 0 atom stereocenters. The van der Waals surface area contributed by atoms with Crippen molar-refractivity contribution in [2.24, 2.45) is 0 Å². The van der Waals surface area contributed by atoms with Crippen molar-refractivity contribution in [1.82, 2.24) is 0 Å². The van der Waals surface area contributed by atoms with Crippen LogP contribution in [0.3, 0.4) is 0 Å². The van der Waals surface area contributed by atoms with Crippen LogP contribution in [0.15, 0.2) is 152 Å². The van der Waals surface area contributed by atoms with E-state index in [1.54, 1.807) is 0 Å². The van der Waals surface area contributed by atoms with Crippen molar-refractivity contribution < 1.29 is 9.31 Å². The van der Waals surface area contributed by atoms with Crippen LogP contribution < -0.4 is 26.2 Å². The van der Waals surface area contributed by atoms with Crippen LogP contribution in [-0.2, 0) is 9.31 Å². The summed E-state index contributed by atoms with van der Waals surface area (Å²) in [7, 11) is -3.23. The van der Waals surface area contributed by atoms with Crippen LogP contribution in [0.25, 0.3) is 43.8 Å². The smallest absolute Gasteiger partial charge is 0.399 e. The maximum Gasteiger partial charge on any atom is 0.495 e. The first-order chi connectivity index (χ1) is 23.3. The van der Waals surface area contributed by atoms with Gasteiger partial charge in [-0.2, -0.15) is 0 Å². The number of benzene rings is 7. The molecule has 4 heteroatoms. The van der Waals surface area contributed by atoms with Crippen molar-refractivity contribution in [2.75, 3.05) is 0 Å². The lowest BCUT2D eigenvalue weighted by molar-refractivity contribution is 0.00578. The van der Waals surface area contributed by atoms with E-state index in [-0.39, 0.29) is 0 Å². The number of fused-ring (bicyclic) bond motifs is 5. The fraction of sp³-hybridized carbons (Fsp3) is 0.136. The van der Waals surface area contributed by atoms with Gasteiger partial charge >= 0.3 is 7.12 Å². The van der Waals surface area contributed by atoms with Crippen LogP contribution >= 0.6 is 0 Å². The standard InChI is InChI=1S/C44H37BO2Si/c1-43(2)44(3,4)47-45(46-43)40-19-11-9-17-37(40)34-23-26-39-38-18-10-12-20-41(38)48(42(39)29-34,35-24-21-30-13-5-7-15-32(30)27-35)36-25-22-31-14-6-8-16-33(31)28-36/h5-29H,1-4H3. The van der Waals surface area contributed by atoms with Crippen molar-refractivity contribution in [2.45, 2.75) is 38.9 Å². The fourth-order valence-corrected chi connectivity index (χ4v) is 13.3. The van der Waals surface area contributed by atoms with Crippen molar-refractivity contribution in [3.63, 3.8) is 0 Å². The molecule has 0 aromatic heterocycles. The van der Waals surface area contributed by atoms with Gasteiger partial charge in [0, 0.05) is 0 Å². The summed E-state index contributed by atoms with van der Waals surface area (Å²) in [6.45, 7) is 8.48. The first-order valence-corrected chi connectivity index (χ1v) is 18.9. The molecule has 48 heavy (non-hydrogen) atoms. The third kappa shape index (κ3) is 4.26. The highest BCUT2D eigenvalue weighted by Gasteiger charge is 2.53. The van der Waals surface area contributed by atoms with Crippen LogP contribution in [-0.4, -0.2) is 26.4 Å². The van der Waals surface area contributed by atoms with E-state index >= 15 is 0 Å². The zero-order valence-electron chi connectivity index (χ0n) is 27.8. The van der Waals surface area contributed by atoms with E-state index in [2.05, 4.69) is 179 Å². The van der Waals surface area contributed by atoms with Crippen LogP contribution in [0, 0.1) is 0 Å². The average molecular weight is 637 g/mol. The van der Waals surface area contributed by atoms with Gasteiger partial charge in [-0.25, -0.2) is 0 Å². The highest BCUT2D eigenvalue weighted by molar-refractivity contribution is 7.22. The first kappa shape index (κ1) is 29.4. The molecule has 0 radical (unpaired) electrons. The van der Waals surface area contributed by atoms with Crippen LogP contribution in [0.1, 0.15) is 27.7 Å². The monoisotopic (exact) mass is 636 g/mol. The maximum absolute atomic E-state index is 6.60. The second-order valence-electron chi connectivity index (χ2n) is 14.4. The van der Waals surface area contributed by atoms with Gasteiger partial charge in [0.1, 0.15) is 0 Å². The molecule has 0 N–H and O–H groups in total. The van der Waals surface area contributed by atoms with Crippen LogP contribution in [0.4, 0.5) is 0 Å². The Labute approximate surface area is 284 Å².